The number of thioether (sulfide) groups is 8. The van der Waals surface area contributed by atoms with Gasteiger partial charge < -0.3 is 38.5 Å². The minimum atomic E-state index is 0.273. The van der Waals surface area contributed by atoms with Gasteiger partial charge in [-0.25, -0.2) is 0 Å². The lowest BCUT2D eigenvalue weighted by atomic mass is 10.2. The molecule has 12 nitrogen and oxygen atoms in total. The van der Waals surface area contributed by atoms with Crippen LogP contribution in [0, 0.1) is 0 Å². The van der Waals surface area contributed by atoms with Gasteiger partial charge in [-0.1, -0.05) is 104 Å². The molecule has 89 heavy (non-hydrogen) atoms. The Morgan fingerprint density at radius 2 is 0.551 bits per heavy atom. The predicted octanol–water partition coefficient (Wildman–Crippen LogP) is 16.2. The summed E-state index contributed by atoms with van der Waals surface area (Å²) in [5.41, 5.74) is 2.62. The van der Waals surface area contributed by atoms with Crippen LogP contribution in [-0.2, 0) is 49.6 Å². The summed E-state index contributed by atoms with van der Waals surface area (Å²) in [6, 6.07) is 8.96. The van der Waals surface area contributed by atoms with E-state index in [0.29, 0.717) is 84.7 Å². The Balaban J connectivity index is 2.12. The van der Waals surface area contributed by atoms with Crippen molar-refractivity contribution >= 4 is 118 Å². The third-order valence-corrected chi connectivity index (χ3v) is 22.8. The number of carbonyl (C=O) groups is 4. The van der Waals surface area contributed by atoms with Crippen LogP contribution < -0.4 is 0 Å². The van der Waals surface area contributed by atoms with Crippen LogP contribution in [0.5, 0.6) is 0 Å². The molecule has 20 heteroatoms. The number of nitrogens with zero attached hydrogens (tertiary/aromatic N) is 4. The second-order valence-corrected chi connectivity index (χ2v) is 31.9. The van der Waals surface area contributed by atoms with E-state index in [1.54, 1.807) is 23.5 Å². The zero-order valence-corrected chi connectivity index (χ0v) is 63.3. The first kappa shape index (κ1) is 84.8. The molecule has 4 amide bonds. The van der Waals surface area contributed by atoms with Crippen molar-refractivity contribution in [1.29, 1.82) is 0 Å². The third-order valence-electron chi connectivity index (χ3n) is 14.5. The maximum absolute atomic E-state index is 13.3. The van der Waals surface area contributed by atoms with Gasteiger partial charge in [0.1, 0.15) is 0 Å². The normalized spacial score (nSPS) is 11.6. The van der Waals surface area contributed by atoms with Gasteiger partial charge in [-0.2, -0.15) is 94.1 Å². The van der Waals surface area contributed by atoms with Crippen molar-refractivity contribution < 1.29 is 39.5 Å². The first-order valence-electron chi connectivity index (χ1n) is 35.4. The topological polar surface area (TPSA) is 118 Å². The Morgan fingerprint density at radius 1 is 0.303 bits per heavy atom. The monoisotopic (exact) mass is 1400 g/mol. The van der Waals surface area contributed by atoms with Gasteiger partial charge in [0, 0.05) is 137 Å². The molecule has 0 spiro atoms. The molecule has 0 unspecified atom stereocenters. The molecule has 1 rings (SSSR count). The van der Waals surface area contributed by atoms with Gasteiger partial charge in [0.15, 0.2) is 0 Å². The van der Waals surface area contributed by atoms with E-state index >= 15 is 0 Å². The van der Waals surface area contributed by atoms with Crippen molar-refractivity contribution in [3.8, 4) is 0 Å². The standard InChI is InChI=1S/C69H128N4O8S8/c1-7-13-32-70(33-14-8-2)66(74)28-54-83-50-20-19-49-82-51-21-37-71(34-15-9-3)67(75)29-55-86-60-47-81-43-41-79-45-59-85-52-22-38-72(35-16-10-4)69(77)31-57-89-63-65-26-24-64(25-27-65)62-88-53-23-39-73(36-17-11-5)68(76)30-56-87-61-46-80-42-40-78-44-58-84-48-18-12-6/h24-27H,7-23,28-63H2,1-6H3/i6D. The summed E-state index contributed by atoms with van der Waals surface area (Å²) in [6.07, 6.45) is 20.8. The quantitative estimate of drug-likeness (QED) is 0.0575. The molecule has 0 radical (unpaired) electrons. The molecule has 1 aromatic carbocycles. The summed E-state index contributed by atoms with van der Waals surface area (Å²) in [5.74, 6) is 16.7. The van der Waals surface area contributed by atoms with Crippen LogP contribution in [-0.4, -0.2) is 229 Å². The number of benzene rings is 1. The summed E-state index contributed by atoms with van der Waals surface area (Å²) >= 11 is 15.1. The first-order valence-corrected chi connectivity index (χ1v) is 43.9. The molecule has 0 heterocycles. The Kier molecular flexibility index (Phi) is 64.5. The number of hydrogen-bond donors (Lipinski definition) is 0. The Morgan fingerprint density at radius 3 is 0.876 bits per heavy atom. The van der Waals surface area contributed by atoms with Crippen molar-refractivity contribution in [2.75, 3.05) is 186 Å². The molecule has 0 bridgehead atoms. The summed E-state index contributed by atoms with van der Waals surface area (Å²) < 4.78 is 30.2. The van der Waals surface area contributed by atoms with Crippen molar-refractivity contribution in [3.63, 3.8) is 0 Å². The van der Waals surface area contributed by atoms with E-state index in [2.05, 4.69) is 78.5 Å². The second kappa shape index (κ2) is 67.7. The van der Waals surface area contributed by atoms with Gasteiger partial charge in [-0.3, -0.25) is 19.2 Å². The molecule has 0 saturated carbocycles. The highest BCUT2D eigenvalue weighted by molar-refractivity contribution is 8.00. The summed E-state index contributed by atoms with van der Waals surface area (Å²) in [6.45, 7) is 23.6. The van der Waals surface area contributed by atoms with Crippen molar-refractivity contribution in [1.82, 2.24) is 19.6 Å². The Labute approximate surface area is 581 Å². The largest absolute Gasteiger partial charge is 0.378 e. The highest BCUT2D eigenvalue weighted by atomic mass is 32.2. The molecule has 0 saturated heterocycles. The van der Waals surface area contributed by atoms with Gasteiger partial charge in [-0.05, 0) is 116 Å². The number of amides is 4. The van der Waals surface area contributed by atoms with Gasteiger partial charge in [0.2, 0.25) is 23.6 Å². The summed E-state index contributed by atoms with van der Waals surface area (Å²) in [4.78, 5) is 60.6. The highest BCUT2D eigenvalue weighted by Crippen LogP contribution is 2.20. The van der Waals surface area contributed by atoms with E-state index in [1.165, 1.54) is 29.7 Å². The van der Waals surface area contributed by atoms with E-state index in [4.69, 9.17) is 20.3 Å². The number of rotatable bonds is 69. The van der Waals surface area contributed by atoms with E-state index in [9.17, 15) is 19.2 Å². The van der Waals surface area contributed by atoms with Crippen LogP contribution >= 0.6 is 94.1 Å². The lowest BCUT2D eigenvalue weighted by molar-refractivity contribution is -0.131. The molecular weight excluding hydrogens is 1270 g/mol. The molecule has 0 aromatic heterocycles. The fourth-order valence-corrected chi connectivity index (χ4v) is 15.8. The van der Waals surface area contributed by atoms with Gasteiger partial charge in [-0.15, -0.1) is 0 Å². The van der Waals surface area contributed by atoms with Crippen molar-refractivity contribution in [2.24, 2.45) is 0 Å². The molecular formula is C69H128N4O8S8. The van der Waals surface area contributed by atoms with Gasteiger partial charge in [0.05, 0.1) is 52.9 Å². The minimum Gasteiger partial charge on any atom is -0.378 e. The molecule has 0 aliphatic rings. The van der Waals surface area contributed by atoms with Crippen LogP contribution in [0.3, 0.4) is 0 Å². The van der Waals surface area contributed by atoms with E-state index in [-0.39, 0.29) is 17.7 Å². The van der Waals surface area contributed by atoms with Crippen LogP contribution in [0.1, 0.15) is 189 Å². The fourth-order valence-electron chi connectivity index (χ4n) is 8.98. The highest BCUT2D eigenvalue weighted by Gasteiger charge is 2.17. The summed E-state index contributed by atoms with van der Waals surface area (Å²) in [7, 11) is 0. The predicted molar refractivity (Wildman–Crippen MR) is 403 cm³/mol. The minimum absolute atomic E-state index is 0.273. The number of carbonyl (C=O) groups excluding carboxylic acids is 4. The van der Waals surface area contributed by atoms with Crippen LogP contribution in [0.15, 0.2) is 24.3 Å². The Hall–Kier alpha value is -0.260. The molecule has 0 aliphatic heterocycles. The van der Waals surface area contributed by atoms with Gasteiger partial charge in [0.25, 0.3) is 0 Å². The second-order valence-electron chi connectivity index (χ2n) is 22.3. The smallest absolute Gasteiger partial charge is 0.223 e. The Bertz CT molecular complexity index is 1770. The molecule has 0 fully saturated rings. The lowest BCUT2D eigenvalue weighted by Gasteiger charge is -2.22. The van der Waals surface area contributed by atoms with E-state index in [1.807, 2.05) is 70.6 Å². The third kappa shape index (κ3) is 54.5. The zero-order chi connectivity index (χ0) is 65.3. The van der Waals surface area contributed by atoms with Crippen LogP contribution in [0.25, 0.3) is 0 Å². The van der Waals surface area contributed by atoms with E-state index < -0.39 is 0 Å². The van der Waals surface area contributed by atoms with Crippen molar-refractivity contribution in [2.45, 2.75) is 188 Å². The molecule has 0 atom stereocenters. The molecule has 0 aliphatic carbocycles. The van der Waals surface area contributed by atoms with E-state index in [0.717, 1.165) is 242 Å². The maximum atomic E-state index is 13.3. The molecule has 520 valence electrons. The number of hydrogen-bond acceptors (Lipinski definition) is 16. The van der Waals surface area contributed by atoms with Crippen LogP contribution in [0.2, 0.25) is 0 Å². The molecule has 1 aromatic rings. The van der Waals surface area contributed by atoms with Gasteiger partial charge >= 0.3 is 0 Å². The first-order chi connectivity index (χ1) is 44.2. The summed E-state index contributed by atoms with van der Waals surface area (Å²) in [5, 5.41) is 0. The fraction of sp³-hybridized carbons (Fsp3) is 0.855. The van der Waals surface area contributed by atoms with Crippen molar-refractivity contribution in [3.05, 3.63) is 35.4 Å². The van der Waals surface area contributed by atoms with Crippen LogP contribution in [0.4, 0.5) is 0 Å². The number of unbranched alkanes of at least 4 members (excludes halogenated alkanes) is 7. The number of ether oxygens (including phenoxy) is 4. The average molecular weight is 1400 g/mol. The SMILES string of the molecule is [2H]CCCCSCCOCCOCCSCCC(=O)N(CCCC)CCCSCc1ccc(CSCCC(=O)N(CCCC)CCCSCCOCCOCCSCCC(=O)N(CCCC)CCCSCCCCSCCC(=O)N(CCCC)CCCC)cc1. The maximum Gasteiger partial charge on any atom is 0.223 e. The average Bonchev–Trinajstić information content (AvgIpc) is 3.67. The zero-order valence-electron chi connectivity index (χ0n) is 57.8. The lowest BCUT2D eigenvalue weighted by Crippen LogP contribution is -2.33. The molecule has 0 N–H and O–H groups in total.